The minimum Gasteiger partial charge on any atom is -0.382 e. The lowest BCUT2D eigenvalue weighted by Gasteiger charge is -2.29. The zero-order chi connectivity index (χ0) is 14.8. The molecule has 1 N–H and O–H groups in total. The highest BCUT2D eigenvalue weighted by Gasteiger charge is 2.28. The summed E-state index contributed by atoms with van der Waals surface area (Å²) in [6.07, 6.45) is 4.52. The Labute approximate surface area is 124 Å². The molecule has 1 aromatic carbocycles. The number of anilines is 1. The second kappa shape index (κ2) is 6.02. The predicted octanol–water partition coefficient (Wildman–Crippen LogP) is 2.98. The van der Waals surface area contributed by atoms with Crippen LogP contribution in [0.3, 0.4) is 0 Å². The predicted molar refractivity (Wildman–Crippen MR) is 80.7 cm³/mol. The number of halogens is 1. The van der Waals surface area contributed by atoms with E-state index in [1.165, 1.54) is 6.26 Å². The molecule has 0 aromatic heterocycles. The summed E-state index contributed by atoms with van der Waals surface area (Å²) in [7, 11) is -2.98. The van der Waals surface area contributed by atoms with Crippen LogP contribution < -0.4 is 5.32 Å². The molecule has 0 bridgehead atoms. The molecule has 2 unspecified atom stereocenters. The normalized spacial score (nSPS) is 23.1. The van der Waals surface area contributed by atoms with E-state index in [0.717, 1.165) is 24.9 Å². The Kier molecular flexibility index (Phi) is 4.56. The molecule has 1 aromatic rings. The minimum absolute atomic E-state index is 0.132. The van der Waals surface area contributed by atoms with Gasteiger partial charge in [0.25, 0.3) is 0 Å². The molecule has 1 fully saturated rings. The van der Waals surface area contributed by atoms with Gasteiger partial charge in [-0.1, -0.05) is 18.0 Å². The molecule has 6 heteroatoms. The van der Waals surface area contributed by atoms with Crippen LogP contribution in [0, 0.1) is 11.3 Å². The summed E-state index contributed by atoms with van der Waals surface area (Å²) in [4.78, 5) is 0. The largest absolute Gasteiger partial charge is 0.382 e. The lowest BCUT2D eigenvalue weighted by atomic mass is 9.94. The summed E-state index contributed by atoms with van der Waals surface area (Å²) in [5.74, 6) is 0. The van der Waals surface area contributed by atoms with E-state index in [1.807, 2.05) is 6.07 Å². The van der Waals surface area contributed by atoms with E-state index < -0.39 is 9.84 Å². The van der Waals surface area contributed by atoms with E-state index in [9.17, 15) is 8.42 Å². The molecule has 0 spiro atoms. The van der Waals surface area contributed by atoms with Crippen molar-refractivity contribution in [3.63, 3.8) is 0 Å². The van der Waals surface area contributed by atoms with Crippen molar-refractivity contribution in [1.29, 1.82) is 5.26 Å². The Morgan fingerprint density at radius 3 is 2.75 bits per heavy atom. The molecular weight excluding hydrogens is 296 g/mol. The highest BCUT2D eigenvalue weighted by Crippen LogP contribution is 2.27. The van der Waals surface area contributed by atoms with Crippen LogP contribution in [0.4, 0.5) is 5.69 Å². The van der Waals surface area contributed by atoms with Crippen molar-refractivity contribution in [3.8, 4) is 6.07 Å². The first kappa shape index (κ1) is 15.1. The number of benzene rings is 1. The summed E-state index contributed by atoms with van der Waals surface area (Å²) in [6, 6.07) is 7.33. The average molecular weight is 313 g/mol. The SMILES string of the molecule is CS(=O)(=O)C1CCCC(Nc2ccc(C#N)c(Cl)c2)C1. The first-order chi connectivity index (χ1) is 9.40. The van der Waals surface area contributed by atoms with Gasteiger partial charge in [-0.15, -0.1) is 0 Å². The first-order valence-corrected chi connectivity index (χ1v) is 8.88. The number of nitriles is 1. The quantitative estimate of drug-likeness (QED) is 0.931. The maximum atomic E-state index is 11.6. The Hall–Kier alpha value is -1.25. The van der Waals surface area contributed by atoms with Crippen molar-refractivity contribution in [2.24, 2.45) is 0 Å². The Bertz CT molecular complexity index is 637. The van der Waals surface area contributed by atoms with Gasteiger partial charge in [0.15, 0.2) is 0 Å². The van der Waals surface area contributed by atoms with Crippen LogP contribution in [0.2, 0.25) is 5.02 Å². The molecule has 0 radical (unpaired) electrons. The molecule has 1 saturated carbocycles. The van der Waals surface area contributed by atoms with Crippen molar-refractivity contribution in [1.82, 2.24) is 0 Å². The summed E-state index contributed by atoms with van der Waals surface area (Å²) in [5.41, 5.74) is 1.27. The maximum Gasteiger partial charge on any atom is 0.150 e. The van der Waals surface area contributed by atoms with Gasteiger partial charge in [0.2, 0.25) is 0 Å². The van der Waals surface area contributed by atoms with Gasteiger partial charge in [-0.05, 0) is 37.5 Å². The lowest BCUT2D eigenvalue weighted by Crippen LogP contribution is -2.34. The number of hydrogen-bond donors (Lipinski definition) is 1. The summed E-state index contributed by atoms with van der Waals surface area (Å²) in [6.45, 7) is 0. The monoisotopic (exact) mass is 312 g/mol. The zero-order valence-electron chi connectivity index (χ0n) is 11.3. The number of nitrogens with zero attached hydrogens (tertiary/aromatic N) is 1. The Morgan fingerprint density at radius 1 is 1.40 bits per heavy atom. The van der Waals surface area contributed by atoms with E-state index in [1.54, 1.807) is 18.2 Å². The first-order valence-electron chi connectivity index (χ1n) is 6.55. The van der Waals surface area contributed by atoms with Crippen LogP contribution >= 0.6 is 11.6 Å². The van der Waals surface area contributed by atoms with Gasteiger partial charge in [0.1, 0.15) is 15.9 Å². The van der Waals surface area contributed by atoms with Crippen LogP contribution in [0.25, 0.3) is 0 Å². The third kappa shape index (κ3) is 3.65. The molecule has 0 amide bonds. The van der Waals surface area contributed by atoms with Crippen LogP contribution in [-0.4, -0.2) is 26.0 Å². The summed E-state index contributed by atoms with van der Waals surface area (Å²) in [5, 5.41) is 12.3. The molecule has 2 rings (SSSR count). The second-order valence-corrected chi connectivity index (χ2v) is 8.00. The standard InChI is InChI=1S/C14H17ClN2O2S/c1-20(18,19)13-4-2-3-11(7-13)17-12-6-5-10(9-16)14(15)8-12/h5-6,8,11,13,17H,2-4,7H2,1H3. The summed E-state index contributed by atoms with van der Waals surface area (Å²) >= 11 is 5.99. The third-order valence-corrected chi connectivity index (χ3v) is 5.64. The van der Waals surface area contributed by atoms with Crippen molar-refractivity contribution >= 4 is 27.1 Å². The molecule has 108 valence electrons. The van der Waals surface area contributed by atoms with Crippen LogP contribution in [0.1, 0.15) is 31.2 Å². The maximum absolute atomic E-state index is 11.6. The summed E-state index contributed by atoms with van der Waals surface area (Å²) < 4.78 is 23.3. The van der Waals surface area contributed by atoms with E-state index in [4.69, 9.17) is 16.9 Å². The van der Waals surface area contributed by atoms with Gasteiger partial charge < -0.3 is 5.32 Å². The molecule has 0 saturated heterocycles. The van der Waals surface area contributed by atoms with Crippen molar-refractivity contribution in [2.45, 2.75) is 37.0 Å². The topological polar surface area (TPSA) is 70.0 Å². The van der Waals surface area contributed by atoms with Crippen molar-refractivity contribution < 1.29 is 8.42 Å². The van der Waals surface area contributed by atoms with Gasteiger partial charge in [0.05, 0.1) is 15.8 Å². The minimum atomic E-state index is -2.98. The average Bonchev–Trinajstić information content (AvgIpc) is 2.38. The molecular formula is C14H17ClN2O2S. The number of nitrogens with one attached hydrogen (secondary N) is 1. The number of sulfone groups is 1. The fraction of sp³-hybridized carbons (Fsp3) is 0.500. The fourth-order valence-electron chi connectivity index (χ4n) is 2.60. The molecule has 0 aliphatic heterocycles. The van der Waals surface area contributed by atoms with Gasteiger partial charge in [0, 0.05) is 18.0 Å². The van der Waals surface area contributed by atoms with Gasteiger partial charge >= 0.3 is 0 Å². The van der Waals surface area contributed by atoms with E-state index in [2.05, 4.69) is 5.32 Å². The Balaban J connectivity index is 2.07. The number of rotatable bonds is 3. The van der Waals surface area contributed by atoms with Gasteiger partial charge in [-0.25, -0.2) is 8.42 Å². The van der Waals surface area contributed by atoms with E-state index in [-0.39, 0.29) is 11.3 Å². The molecule has 1 aliphatic rings. The lowest BCUT2D eigenvalue weighted by molar-refractivity contribution is 0.453. The van der Waals surface area contributed by atoms with Crippen LogP contribution in [-0.2, 0) is 9.84 Å². The molecule has 4 nitrogen and oxygen atoms in total. The molecule has 20 heavy (non-hydrogen) atoms. The van der Waals surface area contributed by atoms with Crippen LogP contribution in [0.15, 0.2) is 18.2 Å². The zero-order valence-corrected chi connectivity index (χ0v) is 12.8. The third-order valence-electron chi connectivity index (χ3n) is 3.69. The molecule has 1 aliphatic carbocycles. The highest BCUT2D eigenvalue weighted by molar-refractivity contribution is 7.91. The van der Waals surface area contributed by atoms with E-state index in [0.29, 0.717) is 17.0 Å². The van der Waals surface area contributed by atoms with Crippen molar-refractivity contribution in [2.75, 3.05) is 11.6 Å². The smallest absolute Gasteiger partial charge is 0.150 e. The van der Waals surface area contributed by atoms with Crippen molar-refractivity contribution in [3.05, 3.63) is 28.8 Å². The highest BCUT2D eigenvalue weighted by atomic mass is 35.5. The second-order valence-electron chi connectivity index (χ2n) is 5.27. The van der Waals surface area contributed by atoms with Gasteiger partial charge in [-0.3, -0.25) is 0 Å². The molecule has 2 atom stereocenters. The Morgan fingerprint density at radius 2 is 2.15 bits per heavy atom. The van der Waals surface area contributed by atoms with E-state index >= 15 is 0 Å². The fourth-order valence-corrected chi connectivity index (χ4v) is 4.00. The molecule has 0 heterocycles. The number of hydrogen-bond acceptors (Lipinski definition) is 4. The van der Waals surface area contributed by atoms with Crippen LogP contribution in [0.5, 0.6) is 0 Å². The van der Waals surface area contributed by atoms with Gasteiger partial charge in [-0.2, -0.15) is 5.26 Å².